The van der Waals surface area contributed by atoms with Crippen molar-refractivity contribution in [1.29, 1.82) is 0 Å². The number of benzene rings is 2. The highest BCUT2D eigenvalue weighted by Gasteiger charge is 2.18. The lowest BCUT2D eigenvalue weighted by Crippen LogP contribution is -2.31. The number of carbonyl (C=O) groups excluding carboxylic acids is 1. The molecule has 0 saturated heterocycles. The summed E-state index contributed by atoms with van der Waals surface area (Å²) in [7, 11) is 4.92. The highest BCUT2D eigenvalue weighted by Crippen LogP contribution is 2.30. The minimum Gasteiger partial charge on any atom is -0.494 e. The maximum absolute atomic E-state index is 13.0. The van der Waals surface area contributed by atoms with Gasteiger partial charge < -0.3 is 24.1 Å². The zero-order valence-electron chi connectivity index (χ0n) is 17.8. The number of amides is 1. The highest BCUT2D eigenvalue weighted by atomic mass is 16.5. The highest BCUT2D eigenvalue weighted by molar-refractivity contribution is 5.97. The van der Waals surface area contributed by atoms with E-state index in [1.54, 1.807) is 50.2 Å². The van der Waals surface area contributed by atoms with Crippen LogP contribution in [0, 0.1) is 0 Å². The van der Waals surface area contributed by atoms with Crippen molar-refractivity contribution in [3.8, 4) is 17.2 Å². The number of pyridine rings is 1. The molecule has 0 bridgehead atoms. The Bertz CT molecular complexity index is 1140. The SMILES string of the molecule is CCOc1ccc2c(c1)c(=O)c(C(=O)N[C@@H](C)c1ccc(OC)c(OC)c1)cn2C. The first-order chi connectivity index (χ1) is 14.4. The molecule has 1 atom stereocenters. The van der Waals surface area contributed by atoms with Crippen molar-refractivity contribution in [2.24, 2.45) is 7.05 Å². The number of aromatic nitrogens is 1. The van der Waals surface area contributed by atoms with Crippen molar-refractivity contribution in [2.45, 2.75) is 19.9 Å². The fourth-order valence-electron chi connectivity index (χ4n) is 3.37. The number of fused-ring (bicyclic) bond motifs is 1. The summed E-state index contributed by atoms with van der Waals surface area (Å²) in [6.45, 7) is 4.22. The van der Waals surface area contributed by atoms with Gasteiger partial charge in [-0.05, 0) is 49.7 Å². The quantitative estimate of drug-likeness (QED) is 0.646. The third-order valence-corrected chi connectivity index (χ3v) is 4.97. The van der Waals surface area contributed by atoms with Gasteiger partial charge in [0.1, 0.15) is 11.3 Å². The Kier molecular flexibility index (Phi) is 6.30. The molecule has 158 valence electrons. The Morgan fingerprint density at radius 2 is 1.83 bits per heavy atom. The molecule has 0 aliphatic rings. The molecular weight excluding hydrogens is 384 g/mol. The number of methoxy groups -OCH3 is 2. The van der Waals surface area contributed by atoms with Crippen LogP contribution in [0.2, 0.25) is 0 Å². The van der Waals surface area contributed by atoms with E-state index in [1.165, 1.54) is 0 Å². The lowest BCUT2D eigenvalue weighted by Gasteiger charge is -2.17. The van der Waals surface area contributed by atoms with Crippen LogP contribution in [-0.4, -0.2) is 31.3 Å². The number of hydrogen-bond donors (Lipinski definition) is 1. The van der Waals surface area contributed by atoms with E-state index in [-0.39, 0.29) is 17.0 Å². The Morgan fingerprint density at radius 3 is 2.50 bits per heavy atom. The molecule has 1 heterocycles. The van der Waals surface area contributed by atoms with Crippen LogP contribution in [0.25, 0.3) is 10.9 Å². The molecule has 0 spiro atoms. The number of aryl methyl sites for hydroxylation is 1. The largest absolute Gasteiger partial charge is 0.494 e. The van der Waals surface area contributed by atoms with Crippen molar-refractivity contribution in [2.75, 3.05) is 20.8 Å². The van der Waals surface area contributed by atoms with Gasteiger partial charge in [-0.15, -0.1) is 0 Å². The second-order valence-electron chi connectivity index (χ2n) is 6.90. The van der Waals surface area contributed by atoms with E-state index in [0.717, 1.165) is 11.1 Å². The fourth-order valence-corrected chi connectivity index (χ4v) is 3.37. The Hall–Kier alpha value is -3.48. The van der Waals surface area contributed by atoms with E-state index < -0.39 is 5.91 Å². The van der Waals surface area contributed by atoms with Crippen LogP contribution in [0.1, 0.15) is 35.8 Å². The first-order valence-electron chi connectivity index (χ1n) is 9.68. The third-order valence-electron chi connectivity index (χ3n) is 4.97. The Balaban J connectivity index is 1.93. The number of nitrogens with one attached hydrogen (secondary N) is 1. The summed E-state index contributed by atoms with van der Waals surface area (Å²) in [5.41, 5.74) is 1.30. The average molecular weight is 410 g/mol. The smallest absolute Gasteiger partial charge is 0.257 e. The topological polar surface area (TPSA) is 78.8 Å². The molecule has 1 N–H and O–H groups in total. The first-order valence-corrected chi connectivity index (χ1v) is 9.68. The molecular formula is C23H26N2O5. The van der Waals surface area contributed by atoms with Crippen molar-refractivity contribution in [3.63, 3.8) is 0 Å². The first kappa shape index (κ1) is 21.2. The van der Waals surface area contributed by atoms with Crippen LogP contribution in [0.3, 0.4) is 0 Å². The molecule has 3 rings (SSSR count). The molecule has 2 aromatic carbocycles. The van der Waals surface area contributed by atoms with Gasteiger partial charge in [0.25, 0.3) is 5.91 Å². The molecule has 1 amide bonds. The molecule has 0 fully saturated rings. The molecule has 0 unspecified atom stereocenters. The molecule has 0 aliphatic carbocycles. The molecule has 0 saturated carbocycles. The van der Waals surface area contributed by atoms with Gasteiger partial charge in [-0.2, -0.15) is 0 Å². The third kappa shape index (κ3) is 4.10. The van der Waals surface area contributed by atoms with Gasteiger partial charge in [-0.1, -0.05) is 6.07 Å². The van der Waals surface area contributed by atoms with Crippen molar-refractivity contribution in [1.82, 2.24) is 9.88 Å². The van der Waals surface area contributed by atoms with Crippen LogP contribution in [0.15, 0.2) is 47.4 Å². The zero-order chi connectivity index (χ0) is 21.8. The lowest BCUT2D eigenvalue weighted by atomic mass is 10.1. The number of ether oxygens (including phenoxy) is 3. The minimum absolute atomic E-state index is 0.0750. The van der Waals surface area contributed by atoms with E-state index in [4.69, 9.17) is 14.2 Å². The summed E-state index contributed by atoms with van der Waals surface area (Å²) < 4.78 is 17.8. The predicted molar refractivity (Wildman–Crippen MR) is 116 cm³/mol. The summed E-state index contributed by atoms with van der Waals surface area (Å²) in [5, 5.41) is 3.33. The van der Waals surface area contributed by atoms with E-state index in [0.29, 0.717) is 29.2 Å². The van der Waals surface area contributed by atoms with Crippen LogP contribution in [-0.2, 0) is 7.05 Å². The molecule has 1 aromatic heterocycles. The number of carbonyl (C=O) groups is 1. The van der Waals surface area contributed by atoms with Gasteiger partial charge in [0, 0.05) is 13.2 Å². The monoisotopic (exact) mass is 410 g/mol. The van der Waals surface area contributed by atoms with Gasteiger partial charge in [-0.3, -0.25) is 9.59 Å². The summed E-state index contributed by atoms with van der Waals surface area (Å²) >= 11 is 0. The Labute approximate surface area is 175 Å². The minimum atomic E-state index is -0.443. The van der Waals surface area contributed by atoms with E-state index >= 15 is 0 Å². The molecule has 7 heteroatoms. The lowest BCUT2D eigenvalue weighted by molar-refractivity contribution is 0.0938. The number of rotatable bonds is 7. The maximum Gasteiger partial charge on any atom is 0.257 e. The van der Waals surface area contributed by atoms with Gasteiger partial charge >= 0.3 is 0 Å². The van der Waals surface area contributed by atoms with Crippen molar-refractivity contribution < 1.29 is 19.0 Å². The Morgan fingerprint density at radius 1 is 1.10 bits per heavy atom. The predicted octanol–water partition coefficient (Wildman–Crippen LogP) is 3.45. The normalized spacial score (nSPS) is 11.8. The van der Waals surface area contributed by atoms with E-state index in [2.05, 4.69) is 5.32 Å². The average Bonchev–Trinajstić information content (AvgIpc) is 2.75. The fraction of sp³-hybridized carbons (Fsp3) is 0.304. The maximum atomic E-state index is 13.0. The molecule has 30 heavy (non-hydrogen) atoms. The van der Waals surface area contributed by atoms with Crippen LogP contribution in [0.5, 0.6) is 17.2 Å². The van der Waals surface area contributed by atoms with Crippen molar-refractivity contribution >= 4 is 16.8 Å². The van der Waals surface area contributed by atoms with Crippen LogP contribution >= 0.6 is 0 Å². The molecule has 7 nitrogen and oxygen atoms in total. The molecule has 0 radical (unpaired) electrons. The summed E-state index contributed by atoms with van der Waals surface area (Å²) in [6.07, 6.45) is 1.56. The zero-order valence-corrected chi connectivity index (χ0v) is 17.8. The number of nitrogens with zero attached hydrogens (tertiary/aromatic N) is 1. The summed E-state index contributed by atoms with van der Waals surface area (Å²) in [6, 6.07) is 10.4. The van der Waals surface area contributed by atoms with Gasteiger partial charge in [0.2, 0.25) is 5.43 Å². The summed E-state index contributed by atoms with van der Waals surface area (Å²) in [4.78, 5) is 25.9. The standard InChI is InChI=1S/C23H26N2O5/c1-6-30-16-8-9-19-17(12-16)22(26)18(13-25(19)3)23(27)24-14(2)15-7-10-20(28-4)21(11-15)29-5/h7-14H,6H2,1-5H3,(H,24,27)/t14-/m0/s1. The van der Waals surface area contributed by atoms with Crippen LogP contribution in [0.4, 0.5) is 0 Å². The molecule has 3 aromatic rings. The second-order valence-corrected chi connectivity index (χ2v) is 6.90. The van der Waals surface area contributed by atoms with E-state index in [9.17, 15) is 9.59 Å². The van der Waals surface area contributed by atoms with Crippen LogP contribution < -0.4 is 25.0 Å². The van der Waals surface area contributed by atoms with Gasteiger partial charge in [0.05, 0.1) is 37.8 Å². The van der Waals surface area contributed by atoms with E-state index in [1.807, 2.05) is 32.0 Å². The van der Waals surface area contributed by atoms with Gasteiger partial charge in [-0.25, -0.2) is 0 Å². The molecule has 0 aliphatic heterocycles. The second kappa shape index (κ2) is 8.90. The number of hydrogen-bond acceptors (Lipinski definition) is 5. The summed E-state index contributed by atoms with van der Waals surface area (Å²) in [5.74, 6) is 1.33. The van der Waals surface area contributed by atoms with Crippen molar-refractivity contribution in [3.05, 3.63) is 63.9 Å². The van der Waals surface area contributed by atoms with Gasteiger partial charge in [0.15, 0.2) is 11.5 Å².